The van der Waals surface area contributed by atoms with Crippen LogP contribution >= 0.6 is 0 Å². The fraction of sp³-hybridized carbons (Fsp3) is 0.0250. The standard InChI is InChI=1S/C40H30N2/c1-4-10-30(11-5-1)33-16-18-36(19-17-33)39-28-29-41-40(42-39,37-24-20-34(21-25-37)31-12-6-2-7-13-31)38-26-22-35(23-27-38)32-14-8-3-9-15-32/h1-29,42H. The van der Waals surface area contributed by atoms with Crippen molar-refractivity contribution in [3.8, 4) is 33.4 Å². The average Bonchev–Trinajstić information content (AvgIpc) is 3.10. The molecule has 200 valence electrons. The van der Waals surface area contributed by atoms with Gasteiger partial charge in [0.25, 0.3) is 0 Å². The van der Waals surface area contributed by atoms with E-state index in [0.29, 0.717) is 0 Å². The van der Waals surface area contributed by atoms with E-state index in [2.05, 4.69) is 157 Å². The zero-order valence-corrected chi connectivity index (χ0v) is 23.2. The van der Waals surface area contributed by atoms with Crippen molar-refractivity contribution in [2.24, 2.45) is 4.99 Å². The van der Waals surface area contributed by atoms with Crippen LogP contribution in [0.15, 0.2) is 175 Å². The van der Waals surface area contributed by atoms with E-state index < -0.39 is 5.66 Å². The summed E-state index contributed by atoms with van der Waals surface area (Å²) in [4.78, 5) is 5.13. The van der Waals surface area contributed by atoms with Crippen LogP contribution in [0.25, 0.3) is 39.1 Å². The van der Waals surface area contributed by atoms with Gasteiger partial charge >= 0.3 is 0 Å². The lowest BCUT2D eigenvalue weighted by atomic mass is 9.87. The van der Waals surface area contributed by atoms with Crippen LogP contribution in [0.5, 0.6) is 0 Å². The summed E-state index contributed by atoms with van der Waals surface area (Å²) in [6.07, 6.45) is 4.00. The van der Waals surface area contributed by atoms with Crippen LogP contribution in [0.3, 0.4) is 0 Å². The molecule has 7 rings (SSSR count). The number of hydrogen-bond acceptors (Lipinski definition) is 2. The van der Waals surface area contributed by atoms with Gasteiger partial charge in [-0.3, -0.25) is 4.99 Å². The van der Waals surface area contributed by atoms with Crippen molar-refractivity contribution in [1.29, 1.82) is 0 Å². The van der Waals surface area contributed by atoms with Gasteiger partial charge in [-0.15, -0.1) is 0 Å². The molecule has 1 N–H and O–H groups in total. The Morgan fingerprint density at radius 3 is 1.10 bits per heavy atom. The summed E-state index contributed by atoms with van der Waals surface area (Å²) < 4.78 is 0. The molecular formula is C40H30N2. The molecule has 0 amide bonds. The van der Waals surface area contributed by atoms with E-state index >= 15 is 0 Å². The quantitative estimate of drug-likeness (QED) is 0.224. The van der Waals surface area contributed by atoms with Crippen molar-refractivity contribution >= 4 is 11.9 Å². The highest BCUT2D eigenvalue weighted by Crippen LogP contribution is 2.38. The lowest BCUT2D eigenvalue weighted by Crippen LogP contribution is -2.42. The molecule has 0 aromatic heterocycles. The molecule has 6 aromatic rings. The van der Waals surface area contributed by atoms with Gasteiger partial charge in [0, 0.05) is 23.0 Å². The maximum atomic E-state index is 5.13. The summed E-state index contributed by atoms with van der Waals surface area (Å²) in [5, 5.41) is 3.86. The maximum Gasteiger partial charge on any atom is 0.181 e. The molecule has 2 heteroatoms. The van der Waals surface area contributed by atoms with E-state index in [9.17, 15) is 0 Å². The molecule has 0 radical (unpaired) electrons. The lowest BCUT2D eigenvalue weighted by molar-refractivity contribution is 0.491. The summed E-state index contributed by atoms with van der Waals surface area (Å²) in [5.74, 6) is 0. The van der Waals surface area contributed by atoms with Crippen LogP contribution in [0.1, 0.15) is 16.7 Å². The molecule has 42 heavy (non-hydrogen) atoms. The summed E-state index contributed by atoms with van der Waals surface area (Å²) >= 11 is 0. The van der Waals surface area contributed by atoms with Crippen LogP contribution < -0.4 is 5.32 Å². The molecular weight excluding hydrogens is 508 g/mol. The van der Waals surface area contributed by atoms with E-state index in [1.54, 1.807) is 0 Å². The molecule has 1 aliphatic rings. The lowest BCUT2D eigenvalue weighted by Gasteiger charge is -2.36. The molecule has 6 aromatic carbocycles. The van der Waals surface area contributed by atoms with Crippen LogP contribution in [-0.2, 0) is 5.66 Å². The monoisotopic (exact) mass is 538 g/mol. The molecule has 2 nitrogen and oxygen atoms in total. The second kappa shape index (κ2) is 11.2. The second-order valence-electron chi connectivity index (χ2n) is 10.5. The zero-order chi connectivity index (χ0) is 28.2. The van der Waals surface area contributed by atoms with Gasteiger partial charge in [0.2, 0.25) is 0 Å². The van der Waals surface area contributed by atoms with Crippen LogP contribution in [0, 0.1) is 0 Å². The first-order valence-electron chi connectivity index (χ1n) is 14.3. The second-order valence-corrected chi connectivity index (χ2v) is 10.5. The first kappa shape index (κ1) is 25.5. The molecule has 0 fully saturated rings. The molecule has 0 unspecified atom stereocenters. The number of rotatable bonds is 6. The average molecular weight is 539 g/mol. The molecule has 0 saturated carbocycles. The van der Waals surface area contributed by atoms with Crippen LogP contribution in [0.4, 0.5) is 0 Å². The van der Waals surface area contributed by atoms with Gasteiger partial charge in [-0.1, -0.05) is 164 Å². The van der Waals surface area contributed by atoms with Crippen LogP contribution in [0.2, 0.25) is 0 Å². The minimum absolute atomic E-state index is 0.771. The van der Waals surface area contributed by atoms with Crippen molar-refractivity contribution in [3.05, 3.63) is 187 Å². The number of benzene rings is 6. The minimum atomic E-state index is -0.771. The Hall–Kier alpha value is -5.47. The van der Waals surface area contributed by atoms with Crippen LogP contribution in [-0.4, -0.2) is 6.21 Å². The number of nitrogens with zero attached hydrogens (tertiary/aromatic N) is 1. The predicted octanol–water partition coefficient (Wildman–Crippen LogP) is 9.60. The summed E-state index contributed by atoms with van der Waals surface area (Å²) in [6.45, 7) is 0. The number of nitrogens with one attached hydrogen (secondary N) is 1. The highest BCUT2D eigenvalue weighted by molar-refractivity contribution is 5.87. The number of allylic oxidation sites excluding steroid dienone is 1. The molecule has 0 aliphatic carbocycles. The SMILES string of the molecule is C1=NC(c2ccc(-c3ccccc3)cc2)(c2ccc(-c3ccccc3)cc2)NC(c2ccc(-c3ccccc3)cc2)=C1. The Morgan fingerprint density at radius 1 is 0.357 bits per heavy atom. The fourth-order valence-electron chi connectivity index (χ4n) is 5.66. The Morgan fingerprint density at radius 2 is 0.690 bits per heavy atom. The highest BCUT2D eigenvalue weighted by atomic mass is 15.2. The van der Waals surface area contributed by atoms with Gasteiger partial charge in [-0.25, -0.2) is 0 Å². The largest absolute Gasteiger partial charge is 0.353 e. The van der Waals surface area contributed by atoms with Gasteiger partial charge in [-0.2, -0.15) is 0 Å². The molecule has 0 bridgehead atoms. The Labute approximate surface area is 247 Å². The van der Waals surface area contributed by atoms with Crippen molar-refractivity contribution in [1.82, 2.24) is 5.32 Å². The van der Waals surface area contributed by atoms with Crippen molar-refractivity contribution in [3.63, 3.8) is 0 Å². The smallest absolute Gasteiger partial charge is 0.181 e. The third-order valence-corrected chi connectivity index (χ3v) is 7.95. The molecule has 1 aliphatic heterocycles. The summed E-state index contributed by atoms with van der Waals surface area (Å²) in [5.41, 5.74) is 10.7. The van der Waals surface area contributed by atoms with Gasteiger partial charge in [0.05, 0.1) is 0 Å². The van der Waals surface area contributed by atoms with E-state index in [1.165, 1.54) is 33.4 Å². The van der Waals surface area contributed by atoms with Crippen molar-refractivity contribution in [2.75, 3.05) is 0 Å². The number of hydrogen-bond donors (Lipinski definition) is 1. The zero-order valence-electron chi connectivity index (χ0n) is 23.2. The third kappa shape index (κ3) is 4.95. The van der Waals surface area contributed by atoms with Gasteiger partial charge in [0.15, 0.2) is 5.66 Å². The van der Waals surface area contributed by atoms with Gasteiger partial charge in [-0.05, 0) is 45.0 Å². The number of aliphatic imine (C=N–C) groups is 1. The maximum absolute atomic E-state index is 5.13. The fourth-order valence-corrected chi connectivity index (χ4v) is 5.66. The van der Waals surface area contributed by atoms with Gasteiger partial charge < -0.3 is 5.32 Å². The predicted molar refractivity (Wildman–Crippen MR) is 176 cm³/mol. The van der Waals surface area contributed by atoms with Crippen molar-refractivity contribution in [2.45, 2.75) is 5.66 Å². The van der Waals surface area contributed by atoms with E-state index in [0.717, 1.165) is 22.4 Å². The van der Waals surface area contributed by atoms with E-state index in [-0.39, 0.29) is 0 Å². The summed E-state index contributed by atoms with van der Waals surface area (Å²) in [6, 6.07) is 57.7. The first-order chi connectivity index (χ1) is 20.8. The Balaban J connectivity index is 1.27. The highest BCUT2D eigenvalue weighted by Gasteiger charge is 2.36. The van der Waals surface area contributed by atoms with E-state index in [4.69, 9.17) is 4.99 Å². The topological polar surface area (TPSA) is 24.4 Å². The normalized spacial score (nSPS) is 13.7. The molecule has 1 heterocycles. The first-order valence-corrected chi connectivity index (χ1v) is 14.3. The molecule has 0 atom stereocenters. The molecule has 0 spiro atoms. The van der Waals surface area contributed by atoms with E-state index in [1.807, 2.05) is 24.4 Å². The third-order valence-electron chi connectivity index (χ3n) is 7.95. The Kier molecular flexibility index (Phi) is 6.79. The Bertz CT molecular complexity index is 1750. The summed E-state index contributed by atoms with van der Waals surface area (Å²) in [7, 11) is 0. The molecule has 0 saturated heterocycles. The minimum Gasteiger partial charge on any atom is -0.353 e. The van der Waals surface area contributed by atoms with Crippen molar-refractivity contribution < 1.29 is 0 Å². The van der Waals surface area contributed by atoms with Gasteiger partial charge in [0.1, 0.15) is 0 Å².